The van der Waals surface area contributed by atoms with Crippen molar-refractivity contribution in [3.05, 3.63) is 35.8 Å². The third-order valence-electron chi connectivity index (χ3n) is 2.95. The van der Waals surface area contributed by atoms with Crippen molar-refractivity contribution < 1.29 is 19.8 Å². The lowest BCUT2D eigenvalue weighted by atomic mass is 10.2. The lowest BCUT2D eigenvalue weighted by Crippen LogP contribution is -2.41. The number of imidazole rings is 1. The van der Waals surface area contributed by atoms with Crippen LogP contribution >= 0.6 is 0 Å². The Bertz CT molecular complexity index is 650. The molecule has 0 radical (unpaired) electrons. The van der Waals surface area contributed by atoms with Gasteiger partial charge in [0.25, 0.3) is 5.91 Å². The Morgan fingerprint density at radius 2 is 2.20 bits per heavy atom. The molecule has 1 atom stereocenters. The third kappa shape index (κ3) is 2.77. The fourth-order valence-electron chi connectivity index (χ4n) is 1.88. The number of fused-ring (bicyclic) bond motifs is 1. The SMILES string of the molecule is Cc1cccc2nc(C(=O)NC(CCO)C(=O)O)cn12. The number of carboxylic acids is 1. The zero-order valence-electron chi connectivity index (χ0n) is 10.9. The van der Waals surface area contributed by atoms with Crippen molar-refractivity contribution in [2.24, 2.45) is 0 Å². The van der Waals surface area contributed by atoms with Crippen LogP contribution in [0.1, 0.15) is 22.6 Å². The van der Waals surface area contributed by atoms with Gasteiger partial charge in [0.1, 0.15) is 17.4 Å². The Kier molecular flexibility index (Phi) is 3.99. The largest absolute Gasteiger partial charge is 0.480 e. The molecule has 0 saturated heterocycles. The van der Waals surface area contributed by atoms with Gasteiger partial charge in [0.2, 0.25) is 0 Å². The molecule has 0 saturated carbocycles. The van der Waals surface area contributed by atoms with E-state index in [1.165, 1.54) is 0 Å². The van der Waals surface area contributed by atoms with Gasteiger partial charge >= 0.3 is 5.97 Å². The maximum atomic E-state index is 12.0. The molecular weight excluding hydrogens is 262 g/mol. The van der Waals surface area contributed by atoms with E-state index in [1.54, 1.807) is 16.7 Å². The topological polar surface area (TPSA) is 104 Å². The van der Waals surface area contributed by atoms with Crippen LogP contribution in [-0.4, -0.2) is 44.1 Å². The molecule has 0 spiro atoms. The van der Waals surface area contributed by atoms with Crippen molar-refractivity contribution >= 4 is 17.5 Å². The highest BCUT2D eigenvalue weighted by Crippen LogP contribution is 2.08. The molecule has 1 unspecified atom stereocenters. The number of aryl methyl sites for hydroxylation is 1. The minimum absolute atomic E-state index is 0.0481. The van der Waals surface area contributed by atoms with E-state index in [-0.39, 0.29) is 18.7 Å². The Balaban J connectivity index is 2.22. The molecule has 0 aliphatic heterocycles. The molecule has 0 aliphatic carbocycles. The molecule has 0 bridgehead atoms. The number of carbonyl (C=O) groups is 2. The summed E-state index contributed by atoms with van der Waals surface area (Å²) in [5.41, 5.74) is 1.67. The molecule has 2 heterocycles. The summed E-state index contributed by atoms with van der Waals surface area (Å²) in [4.78, 5) is 27.1. The summed E-state index contributed by atoms with van der Waals surface area (Å²) in [5, 5.41) is 20.1. The second-order valence-corrected chi connectivity index (χ2v) is 4.40. The van der Waals surface area contributed by atoms with Crippen LogP contribution in [0.3, 0.4) is 0 Å². The zero-order valence-corrected chi connectivity index (χ0v) is 10.9. The number of amides is 1. The van der Waals surface area contributed by atoms with Crippen molar-refractivity contribution in [2.45, 2.75) is 19.4 Å². The van der Waals surface area contributed by atoms with Gasteiger partial charge in [-0.3, -0.25) is 4.79 Å². The molecule has 2 rings (SSSR count). The molecule has 3 N–H and O–H groups in total. The van der Waals surface area contributed by atoms with Crippen LogP contribution in [0.5, 0.6) is 0 Å². The Labute approximate surface area is 114 Å². The molecular formula is C13H15N3O4. The van der Waals surface area contributed by atoms with Crippen molar-refractivity contribution in [3.63, 3.8) is 0 Å². The standard InChI is InChI=1S/C13H15N3O4/c1-8-3-2-4-11-14-10(7-16(8)11)12(18)15-9(5-6-17)13(19)20/h2-4,7,9,17H,5-6H2,1H3,(H,15,18)(H,19,20). The number of aliphatic carboxylic acids is 1. The van der Waals surface area contributed by atoms with Gasteiger partial charge in [-0.25, -0.2) is 9.78 Å². The van der Waals surface area contributed by atoms with Crippen molar-refractivity contribution in [1.29, 1.82) is 0 Å². The molecule has 2 aromatic heterocycles. The van der Waals surface area contributed by atoms with E-state index in [4.69, 9.17) is 10.2 Å². The summed E-state index contributed by atoms with van der Waals surface area (Å²) in [7, 11) is 0. The van der Waals surface area contributed by atoms with Gasteiger partial charge in [0.05, 0.1) is 0 Å². The fourth-order valence-corrected chi connectivity index (χ4v) is 1.88. The summed E-state index contributed by atoms with van der Waals surface area (Å²) in [6, 6.07) is 4.33. The Morgan fingerprint density at radius 1 is 1.45 bits per heavy atom. The van der Waals surface area contributed by atoms with Gasteiger partial charge in [0, 0.05) is 24.9 Å². The highest BCUT2D eigenvalue weighted by atomic mass is 16.4. The van der Waals surface area contributed by atoms with Crippen molar-refractivity contribution in [3.8, 4) is 0 Å². The summed E-state index contributed by atoms with van der Waals surface area (Å²) in [6.07, 6.45) is 1.51. The van der Waals surface area contributed by atoms with Crippen LogP contribution in [0.2, 0.25) is 0 Å². The first-order chi connectivity index (χ1) is 9.52. The van der Waals surface area contributed by atoms with Gasteiger partial charge in [-0.15, -0.1) is 0 Å². The first-order valence-corrected chi connectivity index (χ1v) is 6.12. The normalized spacial score (nSPS) is 12.3. The quantitative estimate of drug-likeness (QED) is 0.724. The second-order valence-electron chi connectivity index (χ2n) is 4.40. The third-order valence-corrected chi connectivity index (χ3v) is 2.95. The smallest absolute Gasteiger partial charge is 0.326 e. The van der Waals surface area contributed by atoms with Gasteiger partial charge in [-0.05, 0) is 19.1 Å². The Morgan fingerprint density at radius 3 is 2.80 bits per heavy atom. The summed E-state index contributed by atoms with van der Waals surface area (Å²) in [5.74, 6) is -1.76. The first-order valence-electron chi connectivity index (χ1n) is 6.12. The number of hydrogen-bond donors (Lipinski definition) is 3. The number of nitrogens with one attached hydrogen (secondary N) is 1. The number of aromatic nitrogens is 2. The number of hydrogen-bond acceptors (Lipinski definition) is 4. The average molecular weight is 277 g/mol. The van der Waals surface area contributed by atoms with Crippen LogP contribution in [0.25, 0.3) is 5.65 Å². The number of aliphatic hydroxyl groups is 1. The van der Waals surface area contributed by atoms with Crippen LogP contribution in [0.15, 0.2) is 24.4 Å². The molecule has 0 aliphatic rings. The number of nitrogens with zero attached hydrogens (tertiary/aromatic N) is 2. The van der Waals surface area contributed by atoms with Gasteiger partial charge < -0.3 is 19.9 Å². The fraction of sp³-hybridized carbons (Fsp3) is 0.308. The predicted octanol–water partition coefficient (Wildman–Crippen LogP) is 0.208. The first kappa shape index (κ1) is 14.0. The summed E-state index contributed by atoms with van der Waals surface area (Å²) >= 11 is 0. The van der Waals surface area contributed by atoms with E-state index in [9.17, 15) is 9.59 Å². The van der Waals surface area contributed by atoms with E-state index in [0.29, 0.717) is 5.65 Å². The van der Waals surface area contributed by atoms with Gasteiger partial charge in [-0.2, -0.15) is 0 Å². The zero-order chi connectivity index (χ0) is 14.7. The minimum Gasteiger partial charge on any atom is -0.480 e. The molecule has 0 aromatic carbocycles. The summed E-state index contributed by atoms with van der Waals surface area (Å²) < 4.78 is 1.75. The van der Waals surface area contributed by atoms with E-state index in [2.05, 4.69) is 10.3 Å². The average Bonchev–Trinajstić information content (AvgIpc) is 2.83. The van der Waals surface area contributed by atoms with Gasteiger partial charge in [-0.1, -0.05) is 6.07 Å². The van der Waals surface area contributed by atoms with Crippen molar-refractivity contribution in [2.75, 3.05) is 6.61 Å². The number of rotatable bonds is 5. The van der Waals surface area contributed by atoms with Crippen molar-refractivity contribution in [1.82, 2.24) is 14.7 Å². The molecule has 7 nitrogen and oxygen atoms in total. The highest BCUT2D eigenvalue weighted by molar-refractivity contribution is 5.95. The molecule has 2 aromatic rings. The number of carboxylic acid groups (broad SMARTS) is 1. The van der Waals surface area contributed by atoms with E-state index >= 15 is 0 Å². The number of pyridine rings is 1. The predicted molar refractivity (Wildman–Crippen MR) is 70.5 cm³/mol. The Hall–Kier alpha value is -2.41. The van der Waals surface area contributed by atoms with Crippen LogP contribution in [0.4, 0.5) is 0 Å². The van der Waals surface area contributed by atoms with Crippen LogP contribution in [-0.2, 0) is 4.79 Å². The lowest BCUT2D eigenvalue weighted by Gasteiger charge is -2.11. The second kappa shape index (κ2) is 5.70. The highest BCUT2D eigenvalue weighted by Gasteiger charge is 2.21. The van der Waals surface area contributed by atoms with E-state index < -0.39 is 17.9 Å². The number of aliphatic hydroxyl groups excluding tert-OH is 1. The molecule has 0 fully saturated rings. The monoisotopic (exact) mass is 277 g/mol. The molecule has 106 valence electrons. The maximum Gasteiger partial charge on any atom is 0.326 e. The van der Waals surface area contributed by atoms with Crippen LogP contribution in [0, 0.1) is 6.92 Å². The van der Waals surface area contributed by atoms with Crippen LogP contribution < -0.4 is 5.32 Å². The van der Waals surface area contributed by atoms with E-state index in [0.717, 1.165) is 5.69 Å². The number of carbonyl (C=O) groups excluding carboxylic acids is 1. The molecule has 1 amide bonds. The molecule has 20 heavy (non-hydrogen) atoms. The van der Waals surface area contributed by atoms with E-state index in [1.807, 2.05) is 19.1 Å². The molecule has 7 heteroatoms. The lowest BCUT2D eigenvalue weighted by molar-refractivity contribution is -0.139. The maximum absolute atomic E-state index is 12.0. The van der Waals surface area contributed by atoms with Gasteiger partial charge in [0.15, 0.2) is 0 Å². The summed E-state index contributed by atoms with van der Waals surface area (Å²) in [6.45, 7) is 1.56. The minimum atomic E-state index is -1.19.